The number of aryl methyl sites for hydroxylation is 2. The molecule has 0 aliphatic rings. The van der Waals surface area contributed by atoms with Gasteiger partial charge in [0.05, 0.1) is 11.4 Å². The van der Waals surface area contributed by atoms with E-state index in [1.54, 1.807) is 35.9 Å². The number of anilines is 3. The van der Waals surface area contributed by atoms with E-state index in [0.29, 0.717) is 22.6 Å². The molecule has 0 aliphatic carbocycles. The molecule has 2 aromatic heterocycles. The molecule has 0 bridgehead atoms. The van der Waals surface area contributed by atoms with Gasteiger partial charge in [-0.3, -0.25) is 0 Å². The van der Waals surface area contributed by atoms with Crippen LogP contribution >= 0.6 is 11.6 Å². The van der Waals surface area contributed by atoms with Gasteiger partial charge in [0.25, 0.3) is 5.95 Å². The fourth-order valence-corrected chi connectivity index (χ4v) is 3.07. The first kappa shape index (κ1) is 21.4. The van der Waals surface area contributed by atoms with Crippen LogP contribution in [0.5, 0.6) is 0 Å². The minimum Gasteiger partial charge on any atom is -0.324 e. The quantitative estimate of drug-likeness (QED) is 0.315. The van der Waals surface area contributed by atoms with Crippen LogP contribution in [-0.4, -0.2) is 30.4 Å². The van der Waals surface area contributed by atoms with Crippen molar-refractivity contribution in [1.29, 1.82) is 0 Å². The summed E-state index contributed by atoms with van der Waals surface area (Å²) in [5.74, 6) is 0.557. The van der Waals surface area contributed by atoms with Gasteiger partial charge in [-0.15, -0.1) is 0 Å². The summed E-state index contributed by atoms with van der Waals surface area (Å²) in [6.45, 7) is 5.61. The van der Waals surface area contributed by atoms with E-state index in [2.05, 4.69) is 35.9 Å². The van der Waals surface area contributed by atoms with Crippen molar-refractivity contribution in [3.05, 3.63) is 82.4 Å². The second-order valence-electron chi connectivity index (χ2n) is 7.07. The Morgan fingerprint density at radius 2 is 1.66 bits per heavy atom. The highest BCUT2D eigenvalue weighted by atomic mass is 35.5. The van der Waals surface area contributed by atoms with Crippen molar-refractivity contribution in [2.24, 2.45) is 5.10 Å². The molecule has 0 atom stereocenters. The van der Waals surface area contributed by atoms with Gasteiger partial charge in [-0.25, -0.2) is 14.5 Å². The third-order valence-electron chi connectivity index (χ3n) is 4.51. The third-order valence-corrected chi connectivity index (χ3v) is 4.76. The Hall–Kier alpha value is -3.85. The predicted molar refractivity (Wildman–Crippen MR) is 123 cm³/mol. The van der Waals surface area contributed by atoms with E-state index in [1.165, 1.54) is 12.1 Å². The monoisotopic (exact) mass is 450 g/mol. The molecule has 0 saturated heterocycles. The van der Waals surface area contributed by atoms with E-state index in [0.717, 1.165) is 22.6 Å². The molecule has 0 amide bonds. The summed E-state index contributed by atoms with van der Waals surface area (Å²) in [6, 6.07) is 15.2. The molecule has 4 aromatic rings. The molecule has 8 nitrogen and oxygen atoms in total. The molecule has 0 radical (unpaired) electrons. The molecule has 2 heterocycles. The van der Waals surface area contributed by atoms with Crippen LogP contribution in [0.15, 0.2) is 59.7 Å². The minimum atomic E-state index is -0.306. The van der Waals surface area contributed by atoms with Crippen molar-refractivity contribution in [3.8, 4) is 5.95 Å². The minimum absolute atomic E-state index is 0.223. The maximum atomic E-state index is 13.2. The zero-order valence-corrected chi connectivity index (χ0v) is 18.4. The van der Waals surface area contributed by atoms with Crippen molar-refractivity contribution in [2.75, 3.05) is 10.7 Å². The first-order valence-corrected chi connectivity index (χ1v) is 10.1. The average molecular weight is 451 g/mol. The standard InChI is InChI=1S/C22H20ClFN8/c1-13-12-14(2)32(31-13)22-27-20(25-19-10-6-17(23)7-11-19)26-21(28-22)30-29-15(3)16-4-8-18(24)9-5-16/h4-12H,1-3H3,(H2,25,26,27,28,30). The lowest BCUT2D eigenvalue weighted by atomic mass is 10.1. The highest BCUT2D eigenvalue weighted by Crippen LogP contribution is 2.19. The molecule has 32 heavy (non-hydrogen) atoms. The zero-order valence-electron chi connectivity index (χ0n) is 17.6. The van der Waals surface area contributed by atoms with Crippen molar-refractivity contribution >= 4 is 34.9 Å². The van der Waals surface area contributed by atoms with Gasteiger partial charge in [0.1, 0.15) is 5.82 Å². The molecule has 0 unspecified atom stereocenters. The molecule has 10 heteroatoms. The Morgan fingerprint density at radius 3 is 2.31 bits per heavy atom. The number of benzene rings is 2. The smallest absolute Gasteiger partial charge is 0.257 e. The largest absolute Gasteiger partial charge is 0.324 e. The topological polar surface area (TPSA) is 92.9 Å². The Balaban J connectivity index is 1.67. The molecule has 2 aromatic carbocycles. The summed E-state index contributed by atoms with van der Waals surface area (Å²) in [5, 5.41) is 12.6. The van der Waals surface area contributed by atoms with E-state index in [9.17, 15) is 4.39 Å². The second kappa shape index (κ2) is 9.11. The fraction of sp³-hybridized carbons (Fsp3) is 0.136. The lowest BCUT2D eigenvalue weighted by Gasteiger charge is -2.10. The maximum absolute atomic E-state index is 13.2. The number of nitrogens with one attached hydrogen (secondary N) is 2. The highest BCUT2D eigenvalue weighted by Gasteiger charge is 2.12. The summed E-state index contributed by atoms with van der Waals surface area (Å²) in [5.41, 5.74) is 6.75. The van der Waals surface area contributed by atoms with Gasteiger partial charge in [-0.2, -0.15) is 25.2 Å². The van der Waals surface area contributed by atoms with Crippen molar-refractivity contribution in [1.82, 2.24) is 24.7 Å². The van der Waals surface area contributed by atoms with Gasteiger partial charge >= 0.3 is 0 Å². The van der Waals surface area contributed by atoms with E-state index < -0.39 is 0 Å². The third kappa shape index (κ3) is 5.06. The molecule has 0 spiro atoms. The first-order valence-electron chi connectivity index (χ1n) is 9.76. The van der Waals surface area contributed by atoms with E-state index in [1.807, 2.05) is 32.0 Å². The Labute approximate surface area is 189 Å². The van der Waals surface area contributed by atoms with Crippen LogP contribution in [0.25, 0.3) is 5.95 Å². The van der Waals surface area contributed by atoms with Gasteiger partial charge in [0.15, 0.2) is 0 Å². The summed E-state index contributed by atoms with van der Waals surface area (Å²) in [6.07, 6.45) is 0. The molecule has 162 valence electrons. The molecule has 0 saturated carbocycles. The average Bonchev–Trinajstić information content (AvgIpc) is 3.12. The summed E-state index contributed by atoms with van der Waals surface area (Å²) in [7, 11) is 0. The second-order valence-corrected chi connectivity index (χ2v) is 7.51. The zero-order chi connectivity index (χ0) is 22.7. The van der Waals surface area contributed by atoms with Crippen LogP contribution in [0, 0.1) is 19.7 Å². The van der Waals surface area contributed by atoms with E-state index in [4.69, 9.17) is 11.6 Å². The van der Waals surface area contributed by atoms with Gasteiger partial charge in [0, 0.05) is 16.4 Å². The van der Waals surface area contributed by atoms with E-state index in [-0.39, 0.29) is 11.8 Å². The molecule has 0 fully saturated rings. The first-order chi connectivity index (χ1) is 15.4. The van der Waals surface area contributed by atoms with Crippen molar-refractivity contribution in [2.45, 2.75) is 20.8 Å². The fourth-order valence-electron chi connectivity index (χ4n) is 2.95. The van der Waals surface area contributed by atoms with Crippen LogP contribution in [0.1, 0.15) is 23.9 Å². The van der Waals surface area contributed by atoms with Gasteiger partial charge in [-0.05, 0) is 68.8 Å². The normalized spacial score (nSPS) is 11.5. The molecular formula is C22H20ClFN8. The lowest BCUT2D eigenvalue weighted by molar-refractivity contribution is 0.628. The molecule has 4 rings (SSSR count). The van der Waals surface area contributed by atoms with E-state index >= 15 is 0 Å². The van der Waals surface area contributed by atoms with Gasteiger partial charge < -0.3 is 5.32 Å². The van der Waals surface area contributed by atoms with Gasteiger partial charge in [0.2, 0.25) is 11.9 Å². The number of halogens is 2. The van der Waals surface area contributed by atoms with Crippen LogP contribution in [0.3, 0.4) is 0 Å². The summed E-state index contributed by atoms with van der Waals surface area (Å²) >= 11 is 5.97. The predicted octanol–water partition coefficient (Wildman–Crippen LogP) is 5.05. The SMILES string of the molecule is CC(=NNc1nc(Nc2ccc(Cl)cc2)nc(-n2nc(C)cc2C)n1)c1ccc(F)cc1. The number of nitrogens with zero attached hydrogens (tertiary/aromatic N) is 6. The Morgan fingerprint density at radius 1 is 0.969 bits per heavy atom. The number of hydrogen-bond donors (Lipinski definition) is 2. The molecule has 0 aliphatic heterocycles. The Bertz CT molecular complexity index is 1270. The number of hydrazone groups is 1. The van der Waals surface area contributed by atoms with Crippen LogP contribution < -0.4 is 10.7 Å². The number of rotatable bonds is 6. The van der Waals surface area contributed by atoms with Gasteiger partial charge in [-0.1, -0.05) is 23.7 Å². The van der Waals surface area contributed by atoms with Crippen LogP contribution in [-0.2, 0) is 0 Å². The molecule has 2 N–H and O–H groups in total. The van der Waals surface area contributed by atoms with Crippen LogP contribution in [0.4, 0.5) is 22.0 Å². The van der Waals surface area contributed by atoms with Crippen molar-refractivity contribution < 1.29 is 4.39 Å². The number of aromatic nitrogens is 5. The molecular weight excluding hydrogens is 431 g/mol. The van der Waals surface area contributed by atoms with Crippen molar-refractivity contribution in [3.63, 3.8) is 0 Å². The maximum Gasteiger partial charge on any atom is 0.257 e. The van der Waals surface area contributed by atoms with Crippen LogP contribution in [0.2, 0.25) is 5.02 Å². The highest BCUT2D eigenvalue weighted by molar-refractivity contribution is 6.30. The summed E-state index contributed by atoms with van der Waals surface area (Å²) < 4.78 is 14.8. The summed E-state index contributed by atoms with van der Waals surface area (Å²) in [4.78, 5) is 13.4. The number of hydrogen-bond acceptors (Lipinski definition) is 7. The Kier molecular flexibility index (Phi) is 6.09. The lowest BCUT2D eigenvalue weighted by Crippen LogP contribution is -2.12.